The first-order chi connectivity index (χ1) is 8.72. The lowest BCUT2D eigenvalue weighted by molar-refractivity contribution is 0.313. The van der Waals surface area contributed by atoms with Crippen LogP contribution in [0.25, 0.3) is 0 Å². The Labute approximate surface area is 108 Å². The highest BCUT2D eigenvalue weighted by Gasteiger charge is 2.34. The van der Waals surface area contributed by atoms with Gasteiger partial charge in [0.05, 0.1) is 0 Å². The Morgan fingerprint density at radius 1 is 1.22 bits per heavy atom. The molecule has 0 aromatic heterocycles. The SMILES string of the molecule is C[C@H](NC1CCN(C2CC2)C1)c1ccc(F)cc1. The van der Waals surface area contributed by atoms with E-state index in [-0.39, 0.29) is 5.82 Å². The van der Waals surface area contributed by atoms with Crippen molar-refractivity contribution in [2.24, 2.45) is 0 Å². The smallest absolute Gasteiger partial charge is 0.123 e. The Kier molecular flexibility index (Phi) is 3.35. The summed E-state index contributed by atoms with van der Waals surface area (Å²) in [6.45, 7) is 4.57. The molecule has 18 heavy (non-hydrogen) atoms. The molecular weight excluding hydrogens is 227 g/mol. The highest BCUT2D eigenvalue weighted by Crippen LogP contribution is 2.30. The molecule has 1 aromatic carbocycles. The molecule has 3 rings (SSSR count). The van der Waals surface area contributed by atoms with Gasteiger partial charge in [0, 0.05) is 31.2 Å². The second-order valence-electron chi connectivity index (χ2n) is 5.65. The molecule has 1 heterocycles. The molecule has 3 heteroatoms. The van der Waals surface area contributed by atoms with Crippen LogP contribution in [0.15, 0.2) is 24.3 Å². The number of halogens is 1. The van der Waals surface area contributed by atoms with E-state index in [1.54, 1.807) is 12.1 Å². The van der Waals surface area contributed by atoms with Crippen LogP contribution in [0.3, 0.4) is 0 Å². The summed E-state index contributed by atoms with van der Waals surface area (Å²) >= 11 is 0. The standard InChI is InChI=1S/C15H21FN2/c1-11(12-2-4-13(16)5-3-12)17-14-8-9-18(10-14)15-6-7-15/h2-5,11,14-15,17H,6-10H2,1H3/t11-,14?/m0/s1. The molecule has 1 aromatic rings. The van der Waals surface area contributed by atoms with Crippen LogP contribution in [0.5, 0.6) is 0 Å². The van der Waals surface area contributed by atoms with Crippen molar-refractivity contribution in [1.82, 2.24) is 10.2 Å². The third-order valence-corrected chi connectivity index (χ3v) is 4.14. The van der Waals surface area contributed by atoms with Crippen molar-refractivity contribution < 1.29 is 4.39 Å². The van der Waals surface area contributed by atoms with E-state index < -0.39 is 0 Å². The zero-order valence-electron chi connectivity index (χ0n) is 10.9. The van der Waals surface area contributed by atoms with Crippen molar-refractivity contribution in [3.63, 3.8) is 0 Å². The average molecular weight is 248 g/mol. The van der Waals surface area contributed by atoms with E-state index in [0.717, 1.165) is 6.04 Å². The van der Waals surface area contributed by atoms with Crippen molar-refractivity contribution >= 4 is 0 Å². The summed E-state index contributed by atoms with van der Waals surface area (Å²) in [6.07, 6.45) is 4.02. The molecule has 1 unspecified atom stereocenters. The third kappa shape index (κ3) is 2.73. The number of likely N-dealkylation sites (tertiary alicyclic amines) is 1. The molecule has 1 aliphatic carbocycles. The summed E-state index contributed by atoms with van der Waals surface area (Å²) in [6, 6.07) is 8.59. The van der Waals surface area contributed by atoms with Crippen LogP contribution >= 0.6 is 0 Å². The molecule has 0 spiro atoms. The second-order valence-corrected chi connectivity index (χ2v) is 5.65. The van der Waals surface area contributed by atoms with Crippen LogP contribution in [0, 0.1) is 5.82 Å². The van der Waals surface area contributed by atoms with E-state index in [1.165, 1.54) is 37.9 Å². The fraction of sp³-hybridized carbons (Fsp3) is 0.600. The van der Waals surface area contributed by atoms with Gasteiger partial charge in [-0.15, -0.1) is 0 Å². The van der Waals surface area contributed by atoms with E-state index >= 15 is 0 Å². The fourth-order valence-corrected chi connectivity index (χ4v) is 2.90. The van der Waals surface area contributed by atoms with Crippen LogP contribution in [-0.4, -0.2) is 30.1 Å². The van der Waals surface area contributed by atoms with Gasteiger partial charge in [-0.25, -0.2) is 4.39 Å². The van der Waals surface area contributed by atoms with Crippen LogP contribution < -0.4 is 5.32 Å². The summed E-state index contributed by atoms with van der Waals surface area (Å²) in [5.41, 5.74) is 1.17. The van der Waals surface area contributed by atoms with Gasteiger partial charge in [0.25, 0.3) is 0 Å². The fourth-order valence-electron chi connectivity index (χ4n) is 2.90. The zero-order chi connectivity index (χ0) is 12.5. The average Bonchev–Trinajstić information content (AvgIpc) is 3.11. The number of hydrogen-bond acceptors (Lipinski definition) is 2. The Balaban J connectivity index is 1.54. The molecule has 1 aliphatic heterocycles. The van der Waals surface area contributed by atoms with Crippen LogP contribution in [0.2, 0.25) is 0 Å². The largest absolute Gasteiger partial charge is 0.306 e. The maximum Gasteiger partial charge on any atom is 0.123 e. The van der Waals surface area contributed by atoms with Crippen molar-refractivity contribution in [3.8, 4) is 0 Å². The van der Waals surface area contributed by atoms with Crippen molar-refractivity contribution in [1.29, 1.82) is 0 Å². The first-order valence-electron chi connectivity index (χ1n) is 6.98. The van der Waals surface area contributed by atoms with Gasteiger partial charge in [0.1, 0.15) is 5.82 Å². The molecule has 0 radical (unpaired) electrons. The lowest BCUT2D eigenvalue weighted by Crippen LogP contribution is -2.34. The first kappa shape index (κ1) is 12.1. The van der Waals surface area contributed by atoms with Gasteiger partial charge >= 0.3 is 0 Å². The van der Waals surface area contributed by atoms with E-state index in [9.17, 15) is 4.39 Å². The maximum absolute atomic E-state index is 12.9. The van der Waals surface area contributed by atoms with Crippen LogP contribution in [0.1, 0.15) is 37.8 Å². The third-order valence-electron chi connectivity index (χ3n) is 4.14. The molecule has 1 N–H and O–H groups in total. The number of benzene rings is 1. The maximum atomic E-state index is 12.9. The molecule has 2 nitrogen and oxygen atoms in total. The normalized spacial score (nSPS) is 26.4. The molecule has 2 atom stereocenters. The summed E-state index contributed by atoms with van der Waals surface area (Å²) in [5.74, 6) is -0.160. The van der Waals surface area contributed by atoms with Crippen molar-refractivity contribution in [2.75, 3.05) is 13.1 Å². The Hall–Kier alpha value is -0.930. The minimum absolute atomic E-state index is 0.160. The predicted octanol–water partition coefficient (Wildman–Crippen LogP) is 2.71. The minimum Gasteiger partial charge on any atom is -0.306 e. The molecule has 1 saturated heterocycles. The molecular formula is C15H21FN2. The number of nitrogens with one attached hydrogen (secondary N) is 1. The quantitative estimate of drug-likeness (QED) is 0.881. The van der Waals surface area contributed by atoms with Gasteiger partial charge in [0.2, 0.25) is 0 Å². The van der Waals surface area contributed by atoms with Gasteiger partial charge in [-0.1, -0.05) is 12.1 Å². The van der Waals surface area contributed by atoms with Crippen molar-refractivity contribution in [2.45, 2.75) is 44.3 Å². The summed E-state index contributed by atoms with van der Waals surface area (Å²) in [7, 11) is 0. The molecule has 1 saturated carbocycles. The van der Waals surface area contributed by atoms with E-state index in [4.69, 9.17) is 0 Å². The molecule has 0 bridgehead atoms. The predicted molar refractivity (Wildman–Crippen MR) is 71.0 cm³/mol. The highest BCUT2D eigenvalue weighted by atomic mass is 19.1. The summed E-state index contributed by atoms with van der Waals surface area (Å²) in [5, 5.41) is 3.66. The molecule has 0 amide bonds. The Morgan fingerprint density at radius 2 is 1.94 bits per heavy atom. The van der Waals surface area contributed by atoms with E-state index in [2.05, 4.69) is 17.1 Å². The second kappa shape index (κ2) is 4.98. The van der Waals surface area contributed by atoms with Gasteiger partial charge in [-0.3, -0.25) is 4.90 Å². The van der Waals surface area contributed by atoms with E-state index in [1.807, 2.05) is 12.1 Å². The van der Waals surface area contributed by atoms with Crippen molar-refractivity contribution in [3.05, 3.63) is 35.6 Å². The number of hydrogen-bond donors (Lipinski definition) is 1. The van der Waals surface area contributed by atoms with Gasteiger partial charge in [-0.2, -0.15) is 0 Å². The number of rotatable bonds is 4. The topological polar surface area (TPSA) is 15.3 Å². The Morgan fingerprint density at radius 3 is 2.61 bits per heavy atom. The zero-order valence-corrected chi connectivity index (χ0v) is 10.9. The summed E-state index contributed by atoms with van der Waals surface area (Å²) < 4.78 is 12.9. The monoisotopic (exact) mass is 248 g/mol. The first-order valence-corrected chi connectivity index (χ1v) is 6.98. The summed E-state index contributed by atoms with van der Waals surface area (Å²) in [4.78, 5) is 2.61. The lowest BCUT2D eigenvalue weighted by Gasteiger charge is -2.20. The number of nitrogens with zero attached hydrogens (tertiary/aromatic N) is 1. The molecule has 98 valence electrons. The van der Waals surface area contributed by atoms with Gasteiger partial charge in [0.15, 0.2) is 0 Å². The highest BCUT2D eigenvalue weighted by molar-refractivity contribution is 5.19. The van der Waals surface area contributed by atoms with Gasteiger partial charge < -0.3 is 5.32 Å². The minimum atomic E-state index is -0.160. The van der Waals surface area contributed by atoms with E-state index in [0.29, 0.717) is 12.1 Å². The molecule has 2 fully saturated rings. The van der Waals surface area contributed by atoms with Gasteiger partial charge in [-0.05, 0) is 43.9 Å². The molecule has 2 aliphatic rings. The van der Waals surface area contributed by atoms with Crippen LogP contribution in [-0.2, 0) is 0 Å². The Bertz CT molecular complexity index is 399. The van der Waals surface area contributed by atoms with Crippen LogP contribution in [0.4, 0.5) is 4.39 Å². The lowest BCUT2D eigenvalue weighted by atomic mass is 10.1.